The second kappa shape index (κ2) is 6.36. The molecule has 0 atom stereocenters. The Kier molecular flexibility index (Phi) is 5.79. The van der Waals surface area contributed by atoms with Gasteiger partial charge in [-0.3, -0.25) is 0 Å². The molecule has 13 heavy (non-hydrogen) atoms. The molecule has 0 amide bonds. The van der Waals surface area contributed by atoms with E-state index in [9.17, 15) is 4.79 Å². The largest absolute Gasteiger partial charge is 0.477 e. The number of hydrogen-bond acceptors (Lipinski definition) is 2. The summed E-state index contributed by atoms with van der Waals surface area (Å²) in [4.78, 5) is 13.7. The van der Waals surface area contributed by atoms with E-state index in [1.807, 2.05) is 0 Å². The maximum Gasteiger partial charge on any atom is 0.354 e. The van der Waals surface area contributed by atoms with Crippen molar-refractivity contribution in [2.75, 3.05) is 0 Å². The van der Waals surface area contributed by atoms with Crippen LogP contribution in [0.1, 0.15) is 10.5 Å². The standard InChI is InChI=1S/C6H5NO2.C3H10Si/c8-6(9)5-3-1-2-4-7-5;1-4(2)3/h1-4H,(H,8,9);4H,1-3H3. The predicted molar refractivity (Wildman–Crippen MR) is 55.9 cm³/mol. The van der Waals surface area contributed by atoms with Crippen molar-refractivity contribution >= 4 is 14.8 Å². The van der Waals surface area contributed by atoms with E-state index in [2.05, 4.69) is 24.6 Å². The lowest BCUT2D eigenvalue weighted by atomic mass is 10.4. The highest BCUT2D eigenvalue weighted by molar-refractivity contribution is 6.54. The lowest BCUT2D eigenvalue weighted by molar-refractivity contribution is 0.0690. The molecule has 1 N–H and O–H groups in total. The first-order valence-corrected chi connectivity index (χ1v) is 7.64. The number of hydrogen-bond donors (Lipinski definition) is 1. The molecule has 0 spiro atoms. The number of pyridine rings is 1. The zero-order chi connectivity index (χ0) is 10.3. The maximum atomic E-state index is 10.1. The normalized spacial score (nSPS) is 8.92. The van der Waals surface area contributed by atoms with Crippen molar-refractivity contribution in [3.05, 3.63) is 30.1 Å². The topological polar surface area (TPSA) is 50.2 Å². The molecule has 1 heterocycles. The van der Waals surface area contributed by atoms with Crippen LogP contribution in [0.25, 0.3) is 0 Å². The zero-order valence-electron chi connectivity index (χ0n) is 8.19. The molecule has 1 rings (SSSR count). The number of carbonyl (C=O) groups is 1. The summed E-state index contributed by atoms with van der Waals surface area (Å²) in [5, 5.41) is 8.32. The molecular weight excluding hydrogens is 182 g/mol. The Morgan fingerprint density at radius 2 is 1.92 bits per heavy atom. The van der Waals surface area contributed by atoms with Crippen molar-refractivity contribution in [1.29, 1.82) is 0 Å². The fraction of sp³-hybridized carbons (Fsp3) is 0.333. The van der Waals surface area contributed by atoms with Crippen LogP contribution in [0, 0.1) is 0 Å². The lowest BCUT2D eigenvalue weighted by Gasteiger charge is -1.87. The van der Waals surface area contributed by atoms with Crippen molar-refractivity contribution in [3.8, 4) is 0 Å². The molecule has 4 heteroatoms. The van der Waals surface area contributed by atoms with E-state index in [1.54, 1.807) is 12.1 Å². The summed E-state index contributed by atoms with van der Waals surface area (Å²) in [6.07, 6.45) is 1.45. The van der Waals surface area contributed by atoms with E-state index in [4.69, 9.17) is 5.11 Å². The molecule has 0 unspecified atom stereocenters. The third-order valence-electron chi connectivity index (χ3n) is 0.884. The first-order valence-electron chi connectivity index (χ1n) is 4.18. The molecular formula is C9H15NO2Si. The van der Waals surface area contributed by atoms with Gasteiger partial charge in [-0.15, -0.1) is 0 Å². The highest BCUT2D eigenvalue weighted by Crippen LogP contribution is 1.90. The van der Waals surface area contributed by atoms with Gasteiger partial charge in [-0.05, 0) is 12.1 Å². The van der Waals surface area contributed by atoms with Crippen LogP contribution in [0.2, 0.25) is 19.6 Å². The molecule has 0 aliphatic heterocycles. The van der Waals surface area contributed by atoms with Gasteiger partial charge in [-0.2, -0.15) is 0 Å². The Morgan fingerprint density at radius 3 is 2.15 bits per heavy atom. The third kappa shape index (κ3) is 7.21. The molecule has 0 aliphatic carbocycles. The van der Waals surface area contributed by atoms with Gasteiger partial charge in [-0.1, -0.05) is 25.7 Å². The van der Waals surface area contributed by atoms with Crippen molar-refractivity contribution in [3.63, 3.8) is 0 Å². The zero-order valence-corrected chi connectivity index (χ0v) is 9.34. The fourth-order valence-corrected chi connectivity index (χ4v) is 0.489. The molecule has 0 aromatic carbocycles. The van der Waals surface area contributed by atoms with Crippen LogP contribution in [0.15, 0.2) is 24.4 Å². The van der Waals surface area contributed by atoms with Crippen LogP contribution in [0.3, 0.4) is 0 Å². The molecule has 1 aromatic heterocycles. The number of aromatic nitrogens is 1. The van der Waals surface area contributed by atoms with E-state index in [0.29, 0.717) is 0 Å². The first kappa shape index (κ1) is 11.8. The predicted octanol–water partition coefficient (Wildman–Crippen LogP) is 1.88. The van der Waals surface area contributed by atoms with Gasteiger partial charge < -0.3 is 5.11 Å². The smallest absolute Gasteiger partial charge is 0.354 e. The summed E-state index contributed by atoms with van der Waals surface area (Å²) < 4.78 is 0. The van der Waals surface area contributed by atoms with Crippen molar-refractivity contribution in [2.45, 2.75) is 19.6 Å². The van der Waals surface area contributed by atoms with Crippen LogP contribution < -0.4 is 0 Å². The van der Waals surface area contributed by atoms with Gasteiger partial charge in [0.05, 0.1) is 0 Å². The Hall–Kier alpha value is -1.16. The first-order chi connectivity index (χ1) is 6.04. The molecule has 1 aromatic rings. The second-order valence-corrected chi connectivity index (χ2v) is 6.72. The number of carboxylic acid groups (broad SMARTS) is 1. The van der Waals surface area contributed by atoms with Gasteiger partial charge in [0.25, 0.3) is 0 Å². The molecule has 0 fully saturated rings. The lowest BCUT2D eigenvalue weighted by Crippen LogP contribution is -1.97. The molecule has 0 saturated carbocycles. The van der Waals surface area contributed by atoms with Crippen LogP contribution in [-0.4, -0.2) is 24.9 Å². The summed E-state index contributed by atoms with van der Waals surface area (Å²) in [6.45, 7) is 6.92. The fourth-order valence-electron chi connectivity index (χ4n) is 0.489. The van der Waals surface area contributed by atoms with Crippen molar-refractivity contribution in [2.24, 2.45) is 0 Å². The monoisotopic (exact) mass is 197 g/mol. The summed E-state index contributed by atoms with van der Waals surface area (Å²) in [7, 11) is -0.139. The average Bonchev–Trinajstić information content (AvgIpc) is 2.05. The van der Waals surface area contributed by atoms with Crippen LogP contribution >= 0.6 is 0 Å². The van der Waals surface area contributed by atoms with Crippen molar-refractivity contribution in [1.82, 2.24) is 4.98 Å². The highest BCUT2D eigenvalue weighted by atomic mass is 28.3. The third-order valence-corrected chi connectivity index (χ3v) is 0.884. The SMILES string of the molecule is C[SiH](C)C.O=C(O)c1ccccn1. The Labute approximate surface area is 80.1 Å². The molecule has 72 valence electrons. The van der Waals surface area contributed by atoms with Crippen LogP contribution in [0.5, 0.6) is 0 Å². The number of aromatic carboxylic acids is 1. The molecule has 0 bridgehead atoms. The van der Waals surface area contributed by atoms with Crippen LogP contribution in [-0.2, 0) is 0 Å². The van der Waals surface area contributed by atoms with E-state index in [1.165, 1.54) is 12.3 Å². The summed E-state index contributed by atoms with van der Waals surface area (Å²) in [6, 6.07) is 4.76. The van der Waals surface area contributed by atoms with Gasteiger partial charge in [0.1, 0.15) is 5.69 Å². The molecule has 0 saturated heterocycles. The van der Waals surface area contributed by atoms with Gasteiger partial charge >= 0.3 is 5.97 Å². The van der Waals surface area contributed by atoms with Gasteiger partial charge in [0, 0.05) is 15.0 Å². The second-order valence-electron chi connectivity index (χ2n) is 3.25. The van der Waals surface area contributed by atoms with Gasteiger partial charge in [0.2, 0.25) is 0 Å². The van der Waals surface area contributed by atoms with E-state index in [0.717, 1.165) is 0 Å². The summed E-state index contributed by atoms with van der Waals surface area (Å²) in [5.74, 6) is -0.990. The van der Waals surface area contributed by atoms with E-state index >= 15 is 0 Å². The number of rotatable bonds is 1. The molecule has 0 radical (unpaired) electrons. The summed E-state index contributed by atoms with van der Waals surface area (Å²) in [5.41, 5.74) is 0.0810. The Morgan fingerprint density at radius 1 is 1.38 bits per heavy atom. The molecule has 0 aliphatic rings. The maximum absolute atomic E-state index is 10.1. The Bertz CT molecular complexity index is 246. The van der Waals surface area contributed by atoms with Gasteiger partial charge in [-0.25, -0.2) is 9.78 Å². The minimum Gasteiger partial charge on any atom is -0.477 e. The highest BCUT2D eigenvalue weighted by Gasteiger charge is 1.98. The van der Waals surface area contributed by atoms with E-state index < -0.39 is 5.97 Å². The number of carboxylic acids is 1. The summed E-state index contributed by atoms with van der Waals surface area (Å²) >= 11 is 0. The molecule has 3 nitrogen and oxygen atoms in total. The van der Waals surface area contributed by atoms with Crippen molar-refractivity contribution < 1.29 is 9.90 Å². The minimum absolute atomic E-state index is 0.0810. The quantitative estimate of drug-likeness (QED) is 0.699. The average molecular weight is 197 g/mol. The van der Waals surface area contributed by atoms with Crippen LogP contribution in [0.4, 0.5) is 0 Å². The Balaban J connectivity index is 0.000000310. The van der Waals surface area contributed by atoms with E-state index in [-0.39, 0.29) is 14.5 Å². The minimum atomic E-state index is -0.990. The van der Waals surface area contributed by atoms with Gasteiger partial charge in [0.15, 0.2) is 0 Å². The number of nitrogens with zero attached hydrogens (tertiary/aromatic N) is 1.